The Labute approximate surface area is 97.8 Å². The summed E-state index contributed by atoms with van der Waals surface area (Å²) < 4.78 is 30.3. The summed E-state index contributed by atoms with van der Waals surface area (Å²) in [5.41, 5.74) is 0. The Hall–Kier alpha value is -0.640. The maximum Gasteiger partial charge on any atom is 0.227 e. The molecule has 1 unspecified atom stereocenters. The second-order valence-electron chi connectivity index (χ2n) is 4.03. The fourth-order valence-electron chi connectivity index (χ4n) is 0.902. The average molecular weight is 248 g/mol. The zero-order valence-corrected chi connectivity index (χ0v) is 10.9. The lowest BCUT2D eigenvalue weighted by atomic mass is 10.2. The fourth-order valence-corrected chi connectivity index (χ4v) is 1.72. The normalized spacial score (nSPS) is 13.7. The van der Waals surface area contributed by atoms with Gasteiger partial charge in [0.05, 0.1) is 6.07 Å². The van der Waals surface area contributed by atoms with E-state index in [2.05, 4.69) is 18.6 Å². The molecule has 0 aliphatic heterocycles. The third-order valence-electron chi connectivity index (χ3n) is 1.87. The lowest BCUT2D eigenvalue weighted by Gasteiger charge is -2.09. The van der Waals surface area contributed by atoms with Crippen molar-refractivity contribution in [1.29, 1.82) is 5.26 Å². The Balaban J connectivity index is 3.64. The summed E-state index contributed by atoms with van der Waals surface area (Å²) in [6.45, 7) is 6.99. The summed E-state index contributed by atoms with van der Waals surface area (Å²) in [7, 11) is -3.48. The van der Waals surface area contributed by atoms with Gasteiger partial charge in [-0.25, -0.2) is 13.1 Å². The predicted octanol–water partition coefficient (Wildman–Crippen LogP) is 0.881. The molecule has 5 nitrogen and oxygen atoms in total. The van der Waals surface area contributed by atoms with E-state index in [4.69, 9.17) is 10.00 Å². The molecule has 0 spiro atoms. The summed E-state index contributed by atoms with van der Waals surface area (Å²) in [5, 5.41) is 7.47. The van der Waals surface area contributed by atoms with Crippen molar-refractivity contribution in [1.82, 2.24) is 4.72 Å². The number of rotatable bonds is 8. The number of hydrogen-bond donors (Lipinski definition) is 1. The van der Waals surface area contributed by atoms with Crippen LogP contribution in [0.25, 0.3) is 0 Å². The minimum Gasteiger partial charge on any atom is -0.381 e. The molecule has 0 aromatic heterocycles. The molecule has 94 valence electrons. The summed E-state index contributed by atoms with van der Waals surface area (Å²) in [4.78, 5) is 0. The molecule has 16 heavy (non-hydrogen) atoms. The molecule has 0 aromatic rings. The number of sulfonamides is 1. The van der Waals surface area contributed by atoms with Crippen molar-refractivity contribution in [3.05, 3.63) is 0 Å². The number of ether oxygens (including phenoxy) is 1. The van der Waals surface area contributed by atoms with E-state index in [-0.39, 0.29) is 0 Å². The van der Waals surface area contributed by atoms with Gasteiger partial charge >= 0.3 is 0 Å². The molecule has 0 radical (unpaired) electrons. The molecule has 0 fully saturated rings. The lowest BCUT2D eigenvalue weighted by Crippen LogP contribution is -2.32. The van der Waals surface area contributed by atoms with Crippen LogP contribution in [0.15, 0.2) is 0 Å². The molecule has 0 bridgehead atoms. The van der Waals surface area contributed by atoms with Gasteiger partial charge in [0.15, 0.2) is 5.25 Å². The zero-order valence-electron chi connectivity index (χ0n) is 10.1. The van der Waals surface area contributed by atoms with Crippen LogP contribution in [0.4, 0.5) is 0 Å². The van der Waals surface area contributed by atoms with Crippen molar-refractivity contribution in [3.63, 3.8) is 0 Å². The first kappa shape index (κ1) is 15.4. The highest BCUT2D eigenvalue weighted by molar-refractivity contribution is 7.90. The first-order valence-electron chi connectivity index (χ1n) is 5.36. The molecule has 1 atom stereocenters. The molecule has 0 saturated heterocycles. The highest BCUT2D eigenvalue weighted by Crippen LogP contribution is 1.97. The standard InChI is InChI=1S/C10H20N2O3S/c1-9(2)8-15-6-4-5-12-16(13,14)10(3)7-11/h9-10,12H,4-6,8H2,1-3H3. The van der Waals surface area contributed by atoms with Crippen molar-refractivity contribution < 1.29 is 13.2 Å². The molecular formula is C10H20N2O3S. The van der Waals surface area contributed by atoms with Gasteiger partial charge in [-0.2, -0.15) is 5.26 Å². The monoisotopic (exact) mass is 248 g/mol. The van der Waals surface area contributed by atoms with Gasteiger partial charge in [0, 0.05) is 19.8 Å². The van der Waals surface area contributed by atoms with Crippen molar-refractivity contribution in [2.24, 2.45) is 5.92 Å². The van der Waals surface area contributed by atoms with Crippen LogP contribution in [0.3, 0.4) is 0 Å². The van der Waals surface area contributed by atoms with E-state index in [9.17, 15) is 8.42 Å². The van der Waals surface area contributed by atoms with Crippen LogP contribution in [0.5, 0.6) is 0 Å². The number of nitriles is 1. The fraction of sp³-hybridized carbons (Fsp3) is 0.900. The Morgan fingerprint density at radius 1 is 1.38 bits per heavy atom. The quantitative estimate of drug-likeness (QED) is 0.647. The Kier molecular flexibility index (Phi) is 7.30. The predicted molar refractivity (Wildman–Crippen MR) is 62.3 cm³/mol. The van der Waals surface area contributed by atoms with Crippen molar-refractivity contribution in [3.8, 4) is 6.07 Å². The van der Waals surface area contributed by atoms with Crippen LogP contribution in [0, 0.1) is 17.2 Å². The van der Waals surface area contributed by atoms with Gasteiger partial charge in [-0.05, 0) is 19.3 Å². The topological polar surface area (TPSA) is 79.2 Å². The third kappa shape index (κ3) is 6.77. The molecule has 6 heteroatoms. The minimum atomic E-state index is -3.48. The van der Waals surface area contributed by atoms with Gasteiger partial charge in [0.1, 0.15) is 0 Å². The van der Waals surface area contributed by atoms with E-state index < -0.39 is 15.3 Å². The maximum absolute atomic E-state index is 11.3. The highest BCUT2D eigenvalue weighted by Gasteiger charge is 2.18. The summed E-state index contributed by atoms with van der Waals surface area (Å²) >= 11 is 0. The maximum atomic E-state index is 11.3. The van der Waals surface area contributed by atoms with Gasteiger partial charge in [0.2, 0.25) is 10.0 Å². The lowest BCUT2D eigenvalue weighted by molar-refractivity contribution is 0.108. The van der Waals surface area contributed by atoms with E-state index in [0.29, 0.717) is 32.1 Å². The van der Waals surface area contributed by atoms with E-state index in [1.165, 1.54) is 6.92 Å². The zero-order chi connectivity index (χ0) is 12.6. The van der Waals surface area contributed by atoms with Crippen molar-refractivity contribution in [2.75, 3.05) is 19.8 Å². The molecule has 0 aromatic carbocycles. The first-order valence-corrected chi connectivity index (χ1v) is 6.90. The van der Waals surface area contributed by atoms with Crippen LogP contribution in [0.2, 0.25) is 0 Å². The third-order valence-corrected chi connectivity index (χ3v) is 3.51. The Morgan fingerprint density at radius 3 is 2.50 bits per heavy atom. The van der Waals surface area contributed by atoms with E-state index in [1.807, 2.05) is 0 Å². The van der Waals surface area contributed by atoms with E-state index >= 15 is 0 Å². The molecule has 0 aliphatic carbocycles. The summed E-state index contributed by atoms with van der Waals surface area (Å²) in [5.74, 6) is 0.482. The van der Waals surface area contributed by atoms with Gasteiger partial charge in [-0.3, -0.25) is 0 Å². The highest BCUT2D eigenvalue weighted by atomic mass is 32.2. The number of nitrogens with one attached hydrogen (secondary N) is 1. The Bertz CT molecular complexity index is 319. The van der Waals surface area contributed by atoms with E-state index in [1.54, 1.807) is 6.07 Å². The minimum absolute atomic E-state index is 0.312. The van der Waals surface area contributed by atoms with E-state index in [0.717, 1.165) is 0 Å². The Morgan fingerprint density at radius 2 is 2.00 bits per heavy atom. The second-order valence-corrected chi connectivity index (χ2v) is 6.12. The van der Waals surface area contributed by atoms with Crippen LogP contribution < -0.4 is 4.72 Å². The SMILES string of the molecule is CC(C)COCCCNS(=O)(=O)C(C)C#N. The summed E-state index contributed by atoms with van der Waals surface area (Å²) in [6, 6.07) is 1.69. The molecule has 0 rings (SSSR count). The van der Waals surface area contributed by atoms with Crippen LogP contribution in [-0.2, 0) is 14.8 Å². The van der Waals surface area contributed by atoms with Crippen LogP contribution >= 0.6 is 0 Å². The number of hydrogen-bond acceptors (Lipinski definition) is 4. The van der Waals surface area contributed by atoms with Gasteiger partial charge in [-0.1, -0.05) is 13.8 Å². The van der Waals surface area contributed by atoms with Gasteiger partial charge < -0.3 is 4.74 Å². The van der Waals surface area contributed by atoms with Crippen molar-refractivity contribution >= 4 is 10.0 Å². The molecular weight excluding hydrogens is 228 g/mol. The molecule has 0 heterocycles. The van der Waals surface area contributed by atoms with Gasteiger partial charge in [-0.15, -0.1) is 0 Å². The molecule has 0 saturated carbocycles. The summed E-state index contributed by atoms with van der Waals surface area (Å²) in [6.07, 6.45) is 0.615. The molecule has 0 aliphatic rings. The van der Waals surface area contributed by atoms with Gasteiger partial charge in [0.25, 0.3) is 0 Å². The smallest absolute Gasteiger partial charge is 0.227 e. The molecule has 1 N–H and O–H groups in total. The molecule has 0 amide bonds. The number of nitrogens with zero attached hydrogens (tertiary/aromatic N) is 1. The van der Waals surface area contributed by atoms with Crippen LogP contribution in [-0.4, -0.2) is 33.4 Å². The van der Waals surface area contributed by atoms with Crippen molar-refractivity contribution in [2.45, 2.75) is 32.4 Å². The first-order chi connectivity index (χ1) is 7.40. The average Bonchev–Trinajstić information content (AvgIpc) is 2.21. The largest absolute Gasteiger partial charge is 0.381 e. The van der Waals surface area contributed by atoms with Crippen LogP contribution in [0.1, 0.15) is 27.2 Å². The second kappa shape index (κ2) is 7.60.